The van der Waals surface area contributed by atoms with Crippen LogP contribution in [0.15, 0.2) is 20.0 Å². The molecule has 0 bridgehead atoms. The lowest BCUT2D eigenvalue weighted by molar-refractivity contribution is 0.400. The van der Waals surface area contributed by atoms with Gasteiger partial charge in [-0.25, -0.2) is 29.2 Å². The van der Waals surface area contributed by atoms with Gasteiger partial charge in [-0.05, 0) is 19.3 Å². The summed E-state index contributed by atoms with van der Waals surface area (Å²) in [6.07, 6.45) is 6.39. The number of hydrogen-bond acceptors (Lipinski definition) is 8. The molecule has 0 aromatic heterocycles. The highest BCUT2D eigenvalue weighted by Gasteiger charge is 2.28. The summed E-state index contributed by atoms with van der Waals surface area (Å²) in [5, 5.41) is 0. The van der Waals surface area contributed by atoms with E-state index in [0.717, 1.165) is 0 Å². The monoisotopic (exact) mass is 250 g/mol. The molecule has 8 nitrogen and oxygen atoms in total. The van der Waals surface area contributed by atoms with Gasteiger partial charge in [0.25, 0.3) is 0 Å². The SMILES string of the molecule is O=C=NCCCCC(CN=C=O)(N=C=O)N=C=O. The third kappa shape index (κ3) is 6.18. The summed E-state index contributed by atoms with van der Waals surface area (Å²) in [5.74, 6) is 0. The van der Waals surface area contributed by atoms with E-state index in [1.807, 2.05) is 0 Å². The average molecular weight is 250 g/mol. The molecule has 0 aliphatic carbocycles. The fourth-order valence-electron chi connectivity index (χ4n) is 1.26. The minimum absolute atomic E-state index is 0.178. The predicted molar refractivity (Wildman–Crippen MR) is 58.8 cm³/mol. The summed E-state index contributed by atoms with van der Waals surface area (Å²) < 4.78 is 0. The molecule has 0 amide bonds. The Balaban J connectivity index is 4.71. The topological polar surface area (TPSA) is 118 Å². The van der Waals surface area contributed by atoms with Gasteiger partial charge < -0.3 is 0 Å². The van der Waals surface area contributed by atoms with Gasteiger partial charge in [0.2, 0.25) is 24.3 Å². The average Bonchev–Trinajstić information content (AvgIpc) is 2.37. The number of hydrogen-bond donors (Lipinski definition) is 0. The molecule has 0 fully saturated rings. The van der Waals surface area contributed by atoms with Crippen LogP contribution in [0.4, 0.5) is 0 Å². The molecule has 0 unspecified atom stereocenters. The molecule has 18 heavy (non-hydrogen) atoms. The normalized spacial score (nSPS) is 11.8. The van der Waals surface area contributed by atoms with Crippen LogP contribution in [0.5, 0.6) is 0 Å². The zero-order valence-electron chi connectivity index (χ0n) is 9.46. The van der Waals surface area contributed by atoms with Crippen LogP contribution in [0.2, 0.25) is 0 Å². The Bertz CT molecular complexity index is 432. The quantitative estimate of drug-likeness (QED) is 0.330. The maximum atomic E-state index is 10.3. The molecule has 0 saturated heterocycles. The first-order chi connectivity index (χ1) is 8.74. The molecular weight excluding hydrogens is 240 g/mol. The predicted octanol–water partition coefficient (Wildman–Crippen LogP) is 0.196. The van der Waals surface area contributed by atoms with Crippen molar-refractivity contribution < 1.29 is 19.2 Å². The molecule has 0 N–H and O–H groups in total. The first-order valence-electron chi connectivity index (χ1n) is 5.00. The summed E-state index contributed by atoms with van der Waals surface area (Å²) in [6, 6.07) is 0. The molecule has 0 aromatic carbocycles. The van der Waals surface area contributed by atoms with Crippen LogP contribution in [-0.2, 0) is 19.2 Å². The number of nitrogens with zero attached hydrogens (tertiary/aromatic N) is 4. The van der Waals surface area contributed by atoms with E-state index in [1.54, 1.807) is 0 Å². The number of isocyanates is 4. The molecule has 8 heteroatoms. The Hall–Kier alpha value is -2.48. The van der Waals surface area contributed by atoms with Crippen LogP contribution in [-0.4, -0.2) is 43.1 Å². The highest BCUT2D eigenvalue weighted by molar-refractivity contribution is 5.40. The summed E-state index contributed by atoms with van der Waals surface area (Å²) in [5.41, 5.74) is -1.47. The minimum atomic E-state index is -1.47. The van der Waals surface area contributed by atoms with Gasteiger partial charge in [-0.2, -0.15) is 9.98 Å². The third-order valence-electron chi connectivity index (χ3n) is 2.07. The maximum absolute atomic E-state index is 10.3. The van der Waals surface area contributed by atoms with Gasteiger partial charge in [0, 0.05) is 0 Å². The Morgan fingerprint density at radius 3 is 1.89 bits per heavy atom. The summed E-state index contributed by atoms with van der Waals surface area (Å²) in [6.45, 7) is -0.00986. The van der Waals surface area contributed by atoms with Crippen LogP contribution >= 0.6 is 0 Å². The summed E-state index contributed by atoms with van der Waals surface area (Å²) >= 11 is 0. The second-order valence-corrected chi connectivity index (χ2v) is 3.23. The molecule has 0 radical (unpaired) electrons. The lowest BCUT2D eigenvalue weighted by atomic mass is 10.0. The van der Waals surface area contributed by atoms with Gasteiger partial charge >= 0.3 is 0 Å². The van der Waals surface area contributed by atoms with Crippen LogP contribution < -0.4 is 0 Å². The Morgan fingerprint density at radius 1 is 0.778 bits per heavy atom. The fraction of sp³-hybridized carbons (Fsp3) is 0.600. The van der Waals surface area contributed by atoms with E-state index in [0.29, 0.717) is 12.8 Å². The van der Waals surface area contributed by atoms with E-state index >= 15 is 0 Å². The van der Waals surface area contributed by atoms with Crippen molar-refractivity contribution in [3.8, 4) is 0 Å². The standard InChI is InChI=1S/C10H10N4O4/c15-6-11-4-2-1-3-10(13-8-17,14-9-18)5-12-7-16/h1-5H2. The van der Waals surface area contributed by atoms with Crippen molar-refractivity contribution in [2.45, 2.75) is 24.9 Å². The van der Waals surface area contributed by atoms with Gasteiger partial charge in [-0.3, -0.25) is 0 Å². The van der Waals surface area contributed by atoms with Crippen molar-refractivity contribution in [1.82, 2.24) is 0 Å². The zero-order chi connectivity index (χ0) is 13.7. The Labute approximate surface area is 102 Å². The minimum Gasteiger partial charge on any atom is -0.211 e. The van der Waals surface area contributed by atoms with Crippen molar-refractivity contribution >= 4 is 24.3 Å². The third-order valence-corrected chi connectivity index (χ3v) is 2.07. The van der Waals surface area contributed by atoms with Crippen LogP contribution in [0.1, 0.15) is 19.3 Å². The lowest BCUT2D eigenvalue weighted by Crippen LogP contribution is -2.27. The van der Waals surface area contributed by atoms with E-state index in [9.17, 15) is 19.2 Å². The molecule has 94 valence electrons. The van der Waals surface area contributed by atoms with E-state index in [2.05, 4.69) is 20.0 Å². The van der Waals surface area contributed by atoms with Gasteiger partial charge in [0.15, 0.2) is 5.66 Å². The molecule has 0 saturated carbocycles. The fourth-order valence-corrected chi connectivity index (χ4v) is 1.26. The molecular formula is C10H10N4O4. The largest absolute Gasteiger partial charge is 0.237 e. The Kier molecular flexibility index (Phi) is 8.39. The molecule has 0 aliphatic heterocycles. The number of carbonyl (C=O) groups excluding carboxylic acids is 4. The summed E-state index contributed by atoms with van der Waals surface area (Å²) in [4.78, 5) is 53.8. The molecule has 0 aliphatic rings. The lowest BCUT2D eigenvalue weighted by Gasteiger charge is -2.18. The van der Waals surface area contributed by atoms with Gasteiger partial charge in [-0.15, -0.1) is 0 Å². The van der Waals surface area contributed by atoms with Crippen molar-refractivity contribution in [1.29, 1.82) is 0 Å². The van der Waals surface area contributed by atoms with Crippen molar-refractivity contribution in [3.05, 3.63) is 0 Å². The molecule has 0 atom stereocenters. The molecule has 0 aromatic rings. The van der Waals surface area contributed by atoms with Crippen LogP contribution in [0.3, 0.4) is 0 Å². The van der Waals surface area contributed by atoms with Crippen molar-refractivity contribution in [2.75, 3.05) is 13.1 Å². The Morgan fingerprint density at radius 2 is 1.39 bits per heavy atom. The molecule has 0 spiro atoms. The van der Waals surface area contributed by atoms with Crippen molar-refractivity contribution in [2.24, 2.45) is 20.0 Å². The first-order valence-corrected chi connectivity index (χ1v) is 5.00. The van der Waals surface area contributed by atoms with Gasteiger partial charge in [0.1, 0.15) is 0 Å². The van der Waals surface area contributed by atoms with E-state index in [4.69, 9.17) is 0 Å². The van der Waals surface area contributed by atoms with E-state index < -0.39 is 5.66 Å². The zero-order valence-corrected chi connectivity index (χ0v) is 9.46. The molecule has 0 rings (SSSR count). The summed E-state index contributed by atoms with van der Waals surface area (Å²) in [7, 11) is 0. The first kappa shape index (κ1) is 15.5. The van der Waals surface area contributed by atoms with Crippen LogP contribution in [0, 0.1) is 0 Å². The number of rotatable bonds is 9. The number of aliphatic imine (C=N–C) groups is 4. The van der Waals surface area contributed by atoms with Gasteiger partial charge in [0.05, 0.1) is 13.1 Å². The number of unbranched alkanes of at least 4 members (excludes halogenated alkanes) is 1. The maximum Gasteiger partial charge on any atom is 0.237 e. The van der Waals surface area contributed by atoms with Crippen molar-refractivity contribution in [3.63, 3.8) is 0 Å². The smallest absolute Gasteiger partial charge is 0.211 e. The van der Waals surface area contributed by atoms with Crippen LogP contribution in [0.25, 0.3) is 0 Å². The second kappa shape index (κ2) is 9.73. The molecule has 0 heterocycles. The highest BCUT2D eigenvalue weighted by Crippen LogP contribution is 2.21. The van der Waals surface area contributed by atoms with E-state index in [-0.39, 0.29) is 19.5 Å². The second-order valence-electron chi connectivity index (χ2n) is 3.23. The highest BCUT2D eigenvalue weighted by atomic mass is 16.1. The van der Waals surface area contributed by atoms with Gasteiger partial charge in [-0.1, -0.05) is 0 Å². The van der Waals surface area contributed by atoms with E-state index in [1.165, 1.54) is 24.3 Å².